The summed E-state index contributed by atoms with van der Waals surface area (Å²) in [7, 11) is 0. The van der Waals surface area contributed by atoms with Gasteiger partial charge in [0.2, 0.25) is 5.91 Å². The summed E-state index contributed by atoms with van der Waals surface area (Å²) >= 11 is 0. The van der Waals surface area contributed by atoms with E-state index in [1.54, 1.807) is 30.3 Å². The molecule has 1 aromatic carbocycles. The molecule has 4 nitrogen and oxygen atoms in total. The molecule has 4 heteroatoms. The Kier molecular flexibility index (Phi) is 5.80. The molecule has 2 N–H and O–H groups in total. The number of aliphatic hydroxyl groups is 1. The first-order valence-electron chi connectivity index (χ1n) is 5.81. The van der Waals surface area contributed by atoms with E-state index < -0.39 is 0 Å². The Labute approximate surface area is 106 Å². The Hall–Kier alpha value is -1.94. The van der Waals surface area contributed by atoms with Gasteiger partial charge in [0.1, 0.15) is 0 Å². The molecule has 1 aromatic rings. The molecule has 0 bridgehead atoms. The molecule has 1 amide bonds. The number of hydrogen-bond donors (Lipinski definition) is 2. The second-order valence-corrected chi connectivity index (χ2v) is 3.88. The largest absolute Gasteiger partial charge is 0.396 e. The first kappa shape index (κ1) is 14.1. The molecule has 0 aliphatic heterocycles. The number of amides is 1. The topological polar surface area (TPSA) is 66.4 Å². The van der Waals surface area contributed by atoms with Gasteiger partial charge in [-0.2, -0.15) is 0 Å². The van der Waals surface area contributed by atoms with E-state index in [2.05, 4.69) is 5.32 Å². The van der Waals surface area contributed by atoms with E-state index in [1.165, 1.54) is 13.0 Å². The maximum Gasteiger partial charge on any atom is 0.244 e. The predicted molar refractivity (Wildman–Crippen MR) is 70.2 cm³/mol. The van der Waals surface area contributed by atoms with Crippen LogP contribution in [0.3, 0.4) is 0 Å². The molecule has 0 heterocycles. The highest BCUT2D eigenvalue weighted by Gasteiger charge is 1.98. The van der Waals surface area contributed by atoms with Gasteiger partial charge in [0.15, 0.2) is 5.78 Å². The van der Waals surface area contributed by atoms with Crippen LogP contribution in [0, 0.1) is 0 Å². The lowest BCUT2D eigenvalue weighted by Crippen LogP contribution is -2.22. The number of carbonyl (C=O) groups is 2. The number of Topliss-reactive ketones (excluding diaryl/α,β-unsaturated/α-hetero) is 1. The summed E-state index contributed by atoms with van der Waals surface area (Å²) in [6.07, 6.45) is 3.66. The van der Waals surface area contributed by atoms with Crippen LogP contribution in [0.1, 0.15) is 29.3 Å². The van der Waals surface area contributed by atoms with Crippen molar-refractivity contribution < 1.29 is 14.7 Å². The highest BCUT2D eigenvalue weighted by atomic mass is 16.3. The molecule has 0 saturated heterocycles. The second kappa shape index (κ2) is 7.40. The van der Waals surface area contributed by atoms with Crippen LogP contribution < -0.4 is 5.32 Å². The molecule has 0 aromatic heterocycles. The Bertz CT molecular complexity index is 435. The van der Waals surface area contributed by atoms with E-state index in [1.807, 2.05) is 0 Å². The Morgan fingerprint density at radius 3 is 2.50 bits per heavy atom. The van der Waals surface area contributed by atoms with E-state index in [4.69, 9.17) is 5.11 Å². The predicted octanol–water partition coefficient (Wildman–Crippen LogP) is 1.40. The van der Waals surface area contributed by atoms with E-state index in [9.17, 15) is 9.59 Å². The van der Waals surface area contributed by atoms with E-state index in [-0.39, 0.29) is 18.3 Å². The van der Waals surface area contributed by atoms with Crippen molar-refractivity contribution in [1.29, 1.82) is 0 Å². The number of nitrogens with one attached hydrogen (secondary N) is 1. The lowest BCUT2D eigenvalue weighted by atomic mass is 10.1. The minimum atomic E-state index is -0.195. The molecule has 0 saturated carbocycles. The van der Waals surface area contributed by atoms with Crippen molar-refractivity contribution in [2.75, 3.05) is 13.2 Å². The van der Waals surface area contributed by atoms with Crippen molar-refractivity contribution in [3.8, 4) is 0 Å². The van der Waals surface area contributed by atoms with Crippen LogP contribution in [-0.4, -0.2) is 29.9 Å². The Balaban J connectivity index is 2.51. The summed E-state index contributed by atoms with van der Waals surface area (Å²) in [5, 5.41) is 11.2. The summed E-state index contributed by atoms with van der Waals surface area (Å²) in [6.45, 7) is 2.04. The maximum atomic E-state index is 11.3. The normalized spacial score (nSPS) is 10.6. The fourth-order valence-corrected chi connectivity index (χ4v) is 1.35. The number of aliphatic hydroxyl groups excluding tert-OH is 1. The summed E-state index contributed by atoms with van der Waals surface area (Å²) in [5.74, 6) is -0.175. The average Bonchev–Trinajstić information content (AvgIpc) is 2.37. The quantitative estimate of drug-likeness (QED) is 0.453. The van der Waals surface area contributed by atoms with E-state index in [0.29, 0.717) is 18.5 Å². The van der Waals surface area contributed by atoms with Gasteiger partial charge in [-0.3, -0.25) is 9.59 Å². The first-order chi connectivity index (χ1) is 8.63. The Morgan fingerprint density at radius 2 is 1.94 bits per heavy atom. The van der Waals surface area contributed by atoms with Crippen LogP contribution in [0.4, 0.5) is 0 Å². The van der Waals surface area contributed by atoms with Gasteiger partial charge >= 0.3 is 0 Å². The molecule has 0 fully saturated rings. The highest BCUT2D eigenvalue weighted by Crippen LogP contribution is 2.06. The van der Waals surface area contributed by atoms with Crippen molar-refractivity contribution in [2.45, 2.75) is 13.3 Å². The molecule has 0 aliphatic rings. The third kappa shape index (κ3) is 4.93. The molecule has 0 atom stereocenters. The molecule has 18 heavy (non-hydrogen) atoms. The number of ketones is 1. The van der Waals surface area contributed by atoms with Gasteiger partial charge in [0.25, 0.3) is 0 Å². The number of hydrogen-bond acceptors (Lipinski definition) is 3. The molecular formula is C14H17NO3. The Morgan fingerprint density at radius 1 is 1.28 bits per heavy atom. The van der Waals surface area contributed by atoms with Crippen LogP contribution >= 0.6 is 0 Å². The monoisotopic (exact) mass is 247 g/mol. The summed E-state index contributed by atoms with van der Waals surface area (Å²) in [5.41, 5.74) is 1.51. The van der Waals surface area contributed by atoms with Gasteiger partial charge in [-0.15, -0.1) is 0 Å². The molecule has 0 aliphatic carbocycles. The van der Waals surface area contributed by atoms with Crippen LogP contribution in [0.15, 0.2) is 30.3 Å². The van der Waals surface area contributed by atoms with E-state index >= 15 is 0 Å². The van der Waals surface area contributed by atoms with Crippen LogP contribution in [-0.2, 0) is 4.79 Å². The summed E-state index contributed by atoms with van der Waals surface area (Å²) in [4.78, 5) is 22.4. The van der Waals surface area contributed by atoms with Crippen molar-refractivity contribution in [2.24, 2.45) is 0 Å². The standard InChI is InChI=1S/C14H17NO3/c1-11(17)13-6-3-12(4-7-13)5-8-14(18)15-9-2-10-16/h3-8,16H,2,9-10H2,1H3,(H,15,18)/b8-5+. The van der Waals surface area contributed by atoms with Gasteiger partial charge in [-0.1, -0.05) is 24.3 Å². The van der Waals surface area contributed by atoms with Gasteiger partial charge < -0.3 is 10.4 Å². The smallest absolute Gasteiger partial charge is 0.244 e. The fourth-order valence-electron chi connectivity index (χ4n) is 1.35. The van der Waals surface area contributed by atoms with Crippen LogP contribution in [0.5, 0.6) is 0 Å². The average molecular weight is 247 g/mol. The van der Waals surface area contributed by atoms with Crippen molar-refractivity contribution >= 4 is 17.8 Å². The van der Waals surface area contributed by atoms with Gasteiger partial charge in [0.05, 0.1) is 0 Å². The zero-order chi connectivity index (χ0) is 13.4. The third-order valence-corrected chi connectivity index (χ3v) is 2.38. The summed E-state index contributed by atoms with van der Waals surface area (Å²) in [6, 6.07) is 7.03. The zero-order valence-corrected chi connectivity index (χ0v) is 10.3. The lowest BCUT2D eigenvalue weighted by molar-refractivity contribution is -0.116. The molecule has 1 rings (SSSR count). The third-order valence-electron chi connectivity index (χ3n) is 2.38. The van der Waals surface area contributed by atoms with Crippen molar-refractivity contribution in [1.82, 2.24) is 5.32 Å². The molecule has 0 unspecified atom stereocenters. The first-order valence-corrected chi connectivity index (χ1v) is 5.81. The van der Waals surface area contributed by atoms with Gasteiger partial charge in [-0.25, -0.2) is 0 Å². The maximum absolute atomic E-state index is 11.3. The van der Waals surface area contributed by atoms with Crippen LogP contribution in [0.2, 0.25) is 0 Å². The molecule has 0 spiro atoms. The van der Waals surface area contributed by atoms with E-state index in [0.717, 1.165) is 5.56 Å². The van der Waals surface area contributed by atoms with Gasteiger partial charge in [-0.05, 0) is 25.0 Å². The highest BCUT2D eigenvalue weighted by molar-refractivity contribution is 5.94. The van der Waals surface area contributed by atoms with Crippen molar-refractivity contribution in [3.63, 3.8) is 0 Å². The minimum Gasteiger partial charge on any atom is -0.396 e. The lowest BCUT2D eigenvalue weighted by Gasteiger charge is -1.99. The number of benzene rings is 1. The SMILES string of the molecule is CC(=O)c1ccc(/C=C/C(=O)NCCCO)cc1. The number of carbonyl (C=O) groups excluding carboxylic acids is 2. The second-order valence-electron chi connectivity index (χ2n) is 3.88. The zero-order valence-electron chi connectivity index (χ0n) is 10.3. The minimum absolute atomic E-state index is 0.0206. The molecule has 96 valence electrons. The summed E-state index contributed by atoms with van der Waals surface area (Å²) < 4.78 is 0. The number of rotatable bonds is 6. The van der Waals surface area contributed by atoms with Gasteiger partial charge in [0, 0.05) is 24.8 Å². The fraction of sp³-hybridized carbons (Fsp3) is 0.286. The molecule has 0 radical (unpaired) electrons. The van der Waals surface area contributed by atoms with Crippen molar-refractivity contribution in [3.05, 3.63) is 41.5 Å². The van der Waals surface area contributed by atoms with Crippen LogP contribution in [0.25, 0.3) is 6.08 Å². The molecular weight excluding hydrogens is 230 g/mol.